The number of nitrogens with zero attached hydrogens (tertiary/aromatic N) is 1. The Bertz CT molecular complexity index is 679. The first-order valence-electron chi connectivity index (χ1n) is 7.66. The van der Waals surface area contributed by atoms with E-state index in [1.54, 1.807) is 6.21 Å². The third-order valence-electron chi connectivity index (χ3n) is 3.35. The lowest BCUT2D eigenvalue weighted by Gasteiger charge is -2.14. The highest BCUT2D eigenvalue weighted by Crippen LogP contribution is 2.27. The first kappa shape index (κ1) is 16.7. The number of hydrogen-bond donors (Lipinski definition) is 1. The third-order valence-corrected chi connectivity index (χ3v) is 3.35. The van der Waals surface area contributed by atoms with Crippen LogP contribution in [0.5, 0.6) is 5.75 Å². The number of carbonyl (C=O) groups excluding carboxylic acids is 1. The van der Waals surface area contributed by atoms with Crippen molar-refractivity contribution in [2.45, 2.75) is 26.7 Å². The Kier molecular flexibility index (Phi) is 5.92. The van der Waals surface area contributed by atoms with Gasteiger partial charge in [-0.1, -0.05) is 56.3 Å². The molecule has 0 unspecified atom stereocenters. The van der Waals surface area contributed by atoms with Crippen LogP contribution in [0.2, 0.25) is 0 Å². The van der Waals surface area contributed by atoms with E-state index >= 15 is 0 Å². The fraction of sp³-hybridized carbons (Fsp3) is 0.263. The lowest BCUT2D eigenvalue weighted by Crippen LogP contribution is -2.25. The Hall–Kier alpha value is -2.62. The predicted molar refractivity (Wildman–Crippen MR) is 92.9 cm³/mol. The molecule has 23 heavy (non-hydrogen) atoms. The second kappa shape index (κ2) is 8.13. The van der Waals surface area contributed by atoms with Gasteiger partial charge in [0, 0.05) is 0 Å². The van der Waals surface area contributed by atoms with Crippen molar-refractivity contribution in [2.24, 2.45) is 5.10 Å². The molecule has 0 bridgehead atoms. The topological polar surface area (TPSA) is 50.7 Å². The number of ether oxygens (including phenoxy) is 1. The van der Waals surface area contributed by atoms with Crippen LogP contribution in [0.1, 0.15) is 36.5 Å². The molecule has 0 aromatic heterocycles. The number of rotatable bonds is 6. The smallest absolute Gasteiger partial charge is 0.277 e. The summed E-state index contributed by atoms with van der Waals surface area (Å²) >= 11 is 0. The molecule has 0 atom stereocenters. The maximum Gasteiger partial charge on any atom is 0.277 e. The summed E-state index contributed by atoms with van der Waals surface area (Å²) in [4.78, 5) is 11.8. The minimum Gasteiger partial charge on any atom is -0.483 e. The van der Waals surface area contributed by atoms with Gasteiger partial charge in [-0.3, -0.25) is 4.79 Å². The Labute approximate surface area is 137 Å². The van der Waals surface area contributed by atoms with Crippen molar-refractivity contribution in [3.05, 3.63) is 65.2 Å². The minimum atomic E-state index is -0.284. The molecule has 0 aliphatic carbocycles. The van der Waals surface area contributed by atoms with Crippen LogP contribution in [0.4, 0.5) is 0 Å². The fourth-order valence-electron chi connectivity index (χ4n) is 2.14. The van der Waals surface area contributed by atoms with Gasteiger partial charge in [-0.05, 0) is 35.6 Å². The summed E-state index contributed by atoms with van der Waals surface area (Å²) in [5.74, 6) is 0.806. The molecule has 0 spiro atoms. The standard InChI is InChI=1S/C19H22N2O2/c1-14(2)17-10-9-15(3)11-18(17)23-13-19(22)21-20-12-16-7-5-4-6-8-16/h4-12,14H,13H2,1-3H3,(H,21,22)/b20-12-. The van der Waals surface area contributed by atoms with E-state index in [1.165, 1.54) is 0 Å². The SMILES string of the molecule is Cc1ccc(C(C)C)c(OCC(=O)N/N=C\c2ccccc2)c1. The fourth-order valence-corrected chi connectivity index (χ4v) is 2.14. The Balaban J connectivity index is 1.90. The summed E-state index contributed by atoms with van der Waals surface area (Å²) in [6, 6.07) is 15.6. The van der Waals surface area contributed by atoms with E-state index in [2.05, 4.69) is 24.4 Å². The lowest BCUT2D eigenvalue weighted by molar-refractivity contribution is -0.123. The quantitative estimate of drug-likeness (QED) is 0.654. The molecule has 4 heteroatoms. The van der Waals surface area contributed by atoms with Crippen molar-refractivity contribution < 1.29 is 9.53 Å². The van der Waals surface area contributed by atoms with Gasteiger partial charge < -0.3 is 4.74 Å². The summed E-state index contributed by atoms with van der Waals surface area (Å²) in [6.45, 7) is 6.14. The van der Waals surface area contributed by atoms with E-state index in [-0.39, 0.29) is 12.5 Å². The molecule has 0 saturated heterocycles. The number of aryl methyl sites for hydroxylation is 1. The maximum absolute atomic E-state index is 11.8. The monoisotopic (exact) mass is 310 g/mol. The molecule has 0 saturated carbocycles. The lowest BCUT2D eigenvalue weighted by atomic mass is 10.0. The number of carbonyl (C=O) groups is 1. The second-order valence-corrected chi connectivity index (χ2v) is 5.69. The van der Waals surface area contributed by atoms with E-state index < -0.39 is 0 Å². The van der Waals surface area contributed by atoms with Crippen molar-refractivity contribution in [3.8, 4) is 5.75 Å². The Morgan fingerprint density at radius 3 is 2.65 bits per heavy atom. The molecule has 0 heterocycles. The normalized spacial score (nSPS) is 11.0. The summed E-state index contributed by atoms with van der Waals surface area (Å²) < 4.78 is 5.66. The summed E-state index contributed by atoms with van der Waals surface area (Å²) in [5.41, 5.74) is 5.59. The molecule has 4 nitrogen and oxygen atoms in total. The maximum atomic E-state index is 11.8. The molecular weight excluding hydrogens is 288 g/mol. The Morgan fingerprint density at radius 1 is 1.22 bits per heavy atom. The van der Waals surface area contributed by atoms with Gasteiger partial charge in [-0.15, -0.1) is 0 Å². The molecule has 0 radical (unpaired) electrons. The van der Waals surface area contributed by atoms with Crippen LogP contribution < -0.4 is 10.2 Å². The molecule has 1 N–H and O–H groups in total. The van der Waals surface area contributed by atoms with Gasteiger partial charge in [0.2, 0.25) is 0 Å². The van der Waals surface area contributed by atoms with Gasteiger partial charge in [0.05, 0.1) is 6.21 Å². The first-order valence-corrected chi connectivity index (χ1v) is 7.66. The van der Waals surface area contributed by atoms with Crippen LogP contribution in [0.3, 0.4) is 0 Å². The molecule has 0 aliphatic heterocycles. The molecule has 120 valence electrons. The molecule has 2 aromatic carbocycles. The van der Waals surface area contributed by atoms with Gasteiger partial charge in [0.25, 0.3) is 5.91 Å². The van der Waals surface area contributed by atoms with Gasteiger partial charge in [0.15, 0.2) is 6.61 Å². The van der Waals surface area contributed by atoms with E-state index in [1.807, 2.05) is 55.5 Å². The molecular formula is C19H22N2O2. The number of benzene rings is 2. The number of hydrazone groups is 1. The van der Waals surface area contributed by atoms with Crippen molar-refractivity contribution >= 4 is 12.1 Å². The van der Waals surface area contributed by atoms with Crippen LogP contribution in [0.15, 0.2) is 53.6 Å². The van der Waals surface area contributed by atoms with Crippen molar-refractivity contribution in [3.63, 3.8) is 0 Å². The zero-order valence-corrected chi connectivity index (χ0v) is 13.7. The number of amides is 1. The van der Waals surface area contributed by atoms with Crippen molar-refractivity contribution in [2.75, 3.05) is 6.61 Å². The van der Waals surface area contributed by atoms with E-state index in [4.69, 9.17) is 4.74 Å². The minimum absolute atomic E-state index is 0.0602. The van der Waals surface area contributed by atoms with Crippen LogP contribution >= 0.6 is 0 Å². The molecule has 0 fully saturated rings. The van der Waals surface area contributed by atoms with E-state index in [0.717, 1.165) is 22.4 Å². The zero-order valence-electron chi connectivity index (χ0n) is 13.7. The number of nitrogens with one attached hydrogen (secondary N) is 1. The van der Waals surface area contributed by atoms with Gasteiger partial charge >= 0.3 is 0 Å². The van der Waals surface area contributed by atoms with Crippen LogP contribution in [0, 0.1) is 6.92 Å². The van der Waals surface area contributed by atoms with Crippen molar-refractivity contribution in [1.82, 2.24) is 5.43 Å². The average Bonchev–Trinajstić information content (AvgIpc) is 2.53. The summed E-state index contributed by atoms with van der Waals surface area (Å²) in [5, 5.41) is 3.92. The van der Waals surface area contributed by atoms with Crippen LogP contribution in [-0.2, 0) is 4.79 Å². The van der Waals surface area contributed by atoms with Crippen LogP contribution in [0.25, 0.3) is 0 Å². The van der Waals surface area contributed by atoms with E-state index in [0.29, 0.717) is 5.92 Å². The first-order chi connectivity index (χ1) is 11.1. The highest BCUT2D eigenvalue weighted by Gasteiger charge is 2.09. The molecule has 2 aromatic rings. The van der Waals surface area contributed by atoms with Gasteiger partial charge in [-0.2, -0.15) is 5.10 Å². The summed E-state index contributed by atoms with van der Waals surface area (Å²) in [6.07, 6.45) is 1.60. The van der Waals surface area contributed by atoms with Crippen LogP contribution in [-0.4, -0.2) is 18.7 Å². The van der Waals surface area contributed by atoms with Crippen molar-refractivity contribution in [1.29, 1.82) is 0 Å². The average molecular weight is 310 g/mol. The summed E-state index contributed by atoms with van der Waals surface area (Å²) in [7, 11) is 0. The largest absolute Gasteiger partial charge is 0.483 e. The second-order valence-electron chi connectivity index (χ2n) is 5.69. The predicted octanol–water partition coefficient (Wildman–Crippen LogP) is 3.65. The van der Waals surface area contributed by atoms with E-state index in [9.17, 15) is 4.79 Å². The third kappa shape index (κ3) is 5.25. The highest BCUT2D eigenvalue weighted by molar-refractivity contribution is 5.82. The van der Waals surface area contributed by atoms with Gasteiger partial charge in [-0.25, -0.2) is 5.43 Å². The highest BCUT2D eigenvalue weighted by atomic mass is 16.5. The van der Waals surface area contributed by atoms with Gasteiger partial charge in [0.1, 0.15) is 5.75 Å². The zero-order chi connectivity index (χ0) is 16.7. The molecule has 0 aliphatic rings. The Morgan fingerprint density at radius 2 is 1.96 bits per heavy atom. The molecule has 1 amide bonds. The molecule has 2 rings (SSSR count). The number of hydrogen-bond acceptors (Lipinski definition) is 3.